The Kier molecular flexibility index (Phi) is 7.17. The third kappa shape index (κ3) is 5.97. The van der Waals surface area contributed by atoms with Crippen LogP contribution in [0.5, 0.6) is 0 Å². The van der Waals surface area contributed by atoms with Gasteiger partial charge in [0.05, 0.1) is 16.6 Å². The van der Waals surface area contributed by atoms with Crippen LogP contribution in [0.1, 0.15) is 43.9 Å². The molecular formula is C19H23F5N3O3+. The molecule has 0 atom stereocenters. The van der Waals surface area contributed by atoms with Crippen molar-refractivity contribution in [2.24, 2.45) is 5.73 Å². The minimum Gasteiger partial charge on any atom is -0.429 e. The lowest BCUT2D eigenvalue weighted by molar-refractivity contribution is -0.187. The Balaban J connectivity index is 0.000000335. The molecule has 0 aliphatic carbocycles. The molecule has 0 unspecified atom stereocenters. The molecule has 1 aliphatic rings. The maximum atomic E-state index is 12.8. The Morgan fingerprint density at radius 3 is 2.40 bits per heavy atom. The first-order chi connectivity index (χ1) is 13.8. The van der Waals surface area contributed by atoms with Crippen LogP contribution in [0.3, 0.4) is 0 Å². The van der Waals surface area contributed by atoms with Gasteiger partial charge in [0, 0.05) is 18.2 Å². The molecule has 2 aromatic rings. The van der Waals surface area contributed by atoms with Gasteiger partial charge in [-0.1, -0.05) is 13.8 Å². The molecule has 1 amide bonds. The summed E-state index contributed by atoms with van der Waals surface area (Å²) in [5.74, 6) is -3.47. The summed E-state index contributed by atoms with van der Waals surface area (Å²) >= 11 is 0. The van der Waals surface area contributed by atoms with E-state index < -0.39 is 35.7 Å². The molecule has 166 valence electrons. The second-order valence-corrected chi connectivity index (χ2v) is 7.29. The molecule has 30 heavy (non-hydrogen) atoms. The van der Waals surface area contributed by atoms with Crippen molar-refractivity contribution in [3.05, 3.63) is 39.8 Å². The van der Waals surface area contributed by atoms with Crippen LogP contribution in [0.25, 0.3) is 10.8 Å². The topological polar surface area (TPSA) is 90.8 Å². The summed E-state index contributed by atoms with van der Waals surface area (Å²) in [6.07, 6.45) is -3.94. The zero-order chi connectivity index (χ0) is 22.7. The summed E-state index contributed by atoms with van der Waals surface area (Å²) in [6, 6.07) is 2.85. The summed E-state index contributed by atoms with van der Waals surface area (Å²) in [4.78, 5) is 23.2. The average molecular weight is 436 g/mol. The number of nitrogens with two attached hydrogens (primary N) is 1. The van der Waals surface area contributed by atoms with Gasteiger partial charge in [0.25, 0.3) is 5.56 Å². The van der Waals surface area contributed by atoms with Crippen molar-refractivity contribution in [1.82, 2.24) is 9.78 Å². The van der Waals surface area contributed by atoms with E-state index in [1.807, 2.05) is 0 Å². The van der Waals surface area contributed by atoms with E-state index in [0.29, 0.717) is 18.7 Å². The Hall–Kier alpha value is -2.56. The molecule has 3 N–H and O–H groups in total. The fraction of sp³-hybridized carbons (Fsp3) is 0.526. The molecule has 0 saturated carbocycles. The van der Waals surface area contributed by atoms with Crippen LogP contribution < -0.4 is 11.3 Å². The fourth-order valence-corrected chi connectivity index (χ4v) is 2.94. The normalized spacial score (nSPS) is 16.3. The standard InChI is InChI=1S/C14H14F3N3O2.C5H8F2O/c1-7(2)12-10-5-8(14(15,16)17)3-4-9(10)13(22)20(19-12)6-11(18)21;6-5(7)2-1-3-8-4-5/h3-5,7H,6H2,1-2H3,(H2,18,21);1-4H2/p+1. The number of primary amides is 1. The van der Waals surface area contributed by atoms with E-state index in [0.717, 1.165) is 22.9 Å². The summed E-state index contributed by atoms with van der Waals surface area (Å²) in [6.45, 7) is 3.42. The van der Waals surface area contributed by atoms with Gasteiger partial charge < -0.3 is 10.5 Å². The average Bonchev–Trinajstić information content (AvgIpc) is 2.62. The van der Waals surface area contributed by atoms with Crippen molar-refractivity contribution >= 4 is 16.7 Å². The van der Waals surface area contributed by atoms with Crippen molar-refractivity contribution < 1.29 is 31.5 Å². The van der Waals surface area contributed by atoms with E-state index >= 15 is 0 Å². The van der Waals surface area contributed by atoms with Gasteiger partial charge in [-0.2, -0.15) is 27.1 Å². The predicted octanol–water partition coefficient (Wildman–Crippen LogP) is 2.97. The Morgan fingerprint density at radius 2 is 1.97 bits per heavy atom. The van der Waals surface area contributed by atoms with Crippen LogP contribution in [0, 0.1) is 0 Å². The predicted molar refractivity (Wildman–Crippen MR) is 100 cm³/mol. The van der Waals surface area contributed by atoms with E-state index in [4.69, 9.17) is 5.73 Å². The van der Waals surface area contributed by atoms with E-state index in [1.54, 1.807) is 13.8 Å². The Bertz CT molecular complexity index is 962. The van der Waals surface area contributed by atoms with Gasteiger partial charge in [0.15, 0.2) is 0 Å². The molecular weight excluding hydrogens is 413 g/mol. The van der Waals surface area contributed by atoms with Crippen molar-refractivity contribution in [3.63, 3.8) is 0 Å². The fourth-order valence-electron chi connectivity index (χ4n) is 2.94. The highest BCUT2D eigenvalue weighted by atomic mass is 19.4. The lowest BCUT2D eigenvalue weighted by Gasteiger charge is -2.17. The van der Waals surface area contributed by atoms with Crippen LogP contribution in [0.4, 0.5) is 22.0 Å². The summed E-state index contributed by atoms with van der Waals surface area (Å²) in [5.41, 5.74) is 3.87. The number of fused-ring (bicyclic) bond motifs is 1. The number of benzene rings is 1. The number of carbonyl (C=O) groups excluding carboxylic acids is 1. The highest BCUT2D eigenvalue weighted by Crippen LogP contribution is 2.32. The van der Waals surface area contributed by atoms with Crippen LogP contribution in [0.15, 0.2) is 23.0 Å². The van der Waals surface area contributed by atoms with Crippen molar-refractivity contribution in [1.29, 1.82) is 0 Å². The van der Waals surface area contributed by atoms with Crippen molar-refractivity contribution in [2.45, 2.75) is 51.3 Å². The third-order valence-corrected chi connectivity index (χ3v) is 4.37. The monoisotopic (exact) mass is 436 g/mol. The lowest BCUT2D eigenvalue weighted by Crippen LogP contribution is -2.31. The smallest absolute Gasteiger partial charge is 0.416 e. The molecule has 2 heterocycles. The molecule has 1 saturated heterocycles. The van der Waals surface area contributed by atoms with E-state index in [2.05, 4.69) is 9.84 Å². The van der Waals surface area contributed by atoms with Crippen LogP contribution in [-0.4, -0.2) is 39.6 Å². The molecule has 1 aromatic carbocycles. The van der Waals surface area contributed by atoms with Crippen molar-refractivity contribution in [2.75, 3.05) is 13.2 Å². The Morgan fingerprint density at radius 1 is 1.30 bits per heavy atom. The number of nitrogens with zero attached hydrogens (tertiary/aromatic N) is 2. The van der Waals surface area contributed by atoms with E-state index in [-0.39, 0.29) is 29.7 Å². The first-order valence-electron chi connectivity index (χ1n) is 9.23. The molecule has 0 radical (unpaired) electrons. The van der Waals surface area contributed by atoms with Gasteiger partial charge in [-0.15, -0.1) is 0 Å². The highest BCUT2D eigenvalue weighted by Gasteiger charge is 2.35. The molecule has 0 bridgehead atoms. The summed E-state index contributed by atoms with van der Waals surface area (Å²) in [5, 5.41) is 4.21. The Labute approximate surface area is 168 Å². The molecule has 1 fully saturated rings. The number of aromatic nitrogens is 2. The van der Waals surface area contributed by atoms with Gasteiger partial charge >= 0.3 is 12.1 Å². The van der Waals surface area contributed by atoms with Gasteiger partial charge in [-0.05, 0) is 24.1 Å². The molecule has 0 spiro atoms. The number of aliphatic hydroxyl groups is 2. The molecule has 3 rings (SSSR count). The second kappa shape index (κ2) is 9.07. The van der Waals surface area contributed by atoms with E-state index in [1.165, 1.54) is 0 Å². The summed E-state index contributed by atoms with van der Waals surface area (Å²) < 4.78 is 67.2. The minimum absolute atomic E-state index is 0.0243. The number of halogens is 5. The first-order valence-corrected chi connectivity index (χ1v) is 9.23. The van der Waals surface area contributed by atoms with Gasteiger partial charge in [-0.25, -0.2) is 4.68 Å². The number of rotatable bonds is 3. The number of hydrogen-bond acceptors (Lipinski definition) is 3. The van der Waals surface area contributed by atoms with Gasteiger partial charge in [0.1, 0.15) is 13.2 Å². The second-order valence-electron chi connectivity index (χ2n) is 7.29. The summed E-state index contributed by atoms with van der Waals surface area (Å²) in [7, 11) is 0. The van der Waals surface area contributed by atoms with Crippen molar-refractivity contribution in [3.8, 4) is 0 Å². The number of hydrogen-bond donors (Lipinski definition) is 1. The largest absolute Gasteiger partial charge is 0.429 e. The number of carbonyl (C=O) groups is 1. The van der Waals surface area contributed by atoms with Crippen LogP contribution >= 0.6 is 0 Å². The maximum Gasteiger partial charge on any atom is 0.416 e. The highest BCUT2D eigenvalue weighted by molar-refractivity contribution is 5.85. The minimum atomic E-state index is -4.51. The molecule has 11 heteroatoms. The zero-order valence-corrected chi connectivity index (χ0v) is 16.5. The lowest BCUT2D eigenvalue weighted by atomic mass is 10.0. The third-order valence-electron chi connectivity index (χ3n) is 4.37. The van der Waals surface area contributed by atoms with E-state index in [9.17, 15) is 31.5 Å². The number of amides is 1. The number of ether oxygens (including phenoxy) is 1. The van der Waals surface area contributed by atoms with Gasteiger partial charge in [-0.3, -0.25) is 9.59 Å². The number of alkyl halides is 5. The van der Waals surface area contributed by atoms with Crippen LogP contribution in [-0.2, 0) is 17.5 Å². The maximum absolute atomic E-state index is 12.8. The first kappa shape index (κ1) is 23.7. The zero-order valence-electron chi connectivity index (χ0n) is 16.5. The SMILES string of the molecule is CC(C)c1nn(CC(N)=O)c(=O)c2ccc(C(F)(F)F)cc12.FC1(F)CCC[OH+]C1. The molecule has 1 aromatic heterocycles. The molecule has 6 nitrogen and oxygen atoms in total. The van der Waals surface area contributed by atoms with Gasteiger partial charge in [0.2, 0.25) is 12.5 Å². The molecule has 1 aliphatic heterocycles. The quantitative estimate of drug-likeness (QED) is 0.593. The van der Waals surface area contributed by atoms with Crippen LogP contribution in [0.2, 0.25) is 0 Å².